The maximum atomic E-state index is 12.3. The normalized spacial score (nSPS) is 22.8. The molecule has 5 nitrogen and oxygen atoms in total. The Morgan fingerprint density at radius 1 is 1.23 bits per heavy atom. The summed E-state index contributed by atoms with van der Waals surface area (Å²) in [5.74, 6) is 0.344. The molecule has 0 radical (unpaired) electrons. The highest BCUT2D eigenvalue weighted by Crippen LogP contribution is 2.24. The van der Waals surface area contributed by atoms with E-state index in [0.717, 1.165) is 44.3 Å². The number of carbonyl (C=O) groups excluding carboxylic acids is 2. The summed E-state index contributed by atoms with van der Waals surface area (Å²) in [5, 5.41) is 0. The van der Waals surface area contributed by atoms with Crippen molar-refractivity contribution in [1.82, 2.24) is 4.90 Å². The van der Waals surface area contributed by atoms with Crippen LogP contribution in [0.4, 0.5) is 4.79 Å². The van der Waals surface area contributed by atoms with E-state index in [2.05, 4.69) is 0 Å². The molecule has 1 fully saturated rings. The van der Waals surface area contributed by atoms with Crippen LogP contribution < -0.4 is 0 Å². The summed E-state index contributed by atoms with van der Waals surface area (Å²) in [4.78, 5) is 26.0. The van der Waals surface area contributed by atoms with Gasteiger partial charge in [0, 0.05) is 19.5 Å². The molecule has 22 heavy (non-hydrogen) atoms. The molecule has 1 atom stereocenters. The van der Waals surface area contributed by atoms with E-state index in [9.17, 15) is 9.59 Å². The number of nitrogens with zero attached hydrogens (tertiary/aromatic N) is 1. The van der Waals surface area contributed by atoms with Gasteiger partial charge in [0.15, 0.2) is 0 Å². The lowest BCUT2D eigenvalue weighted by atomic mass is 9.98. The van der Waals surface area contributed by atoms with E-state index in [-0.39, 0.29) is 18.0 Å². The van der Waals surface area contributed by atoms with Gasteiger partial charge in [-0.1, -0.05) is 0 Å². The molecule has 1 unspecified atom stereocenters. The Kier molecular flexibility index (Phi) is 5.48. The van der Waals surface area contributed by atoms with Gasteiger partial charge in [0.2, 0.25) is 0 Å². The average molecular weight is 309 g/mol. The van der Waals surface area contributed by atoms with E-state index in [1.165, 1.54) is 0 Å². The van der Waals surface area contributed by atoms with Crippen molar-refractivity contribution < 1.29 is 19.1 Å². The summed E-state index contributed by atoms with van der Waals surface area (Å²) in [5.41, 5.74) is -0.516. The minimum absolute atomic E-state index is 0.207. The van der Waals surface area contributed by atoms with Crippen LogP contribution in [-0.4, -0.2) is 35.7 Å². The monoisotopic (exact) mass is 309 g/mol. The van der Waals surface area contributed by atoms with Gasteiger partial charge in [0.25, 0.3) is 0 Å². The van der Waals surface area contributed by atoms with Gasteiger partial charge in [-0.15, -0.1) is 0 Å². The van der Waals surface area contributed by atoms with Gasteiger partial charge in [-0.3, -0.25) is 4.79 Å². The lowest BCUT2D eigenvalue weighted by molar-refractivity contribution is -0.146. The summed E-state index contributed by atoms with van der Waals surface area (Å²) in [6.07, 6.45) is 7.30. The van der Waals surface area contributed by atoms with Crippen LogP contribution in [0.5, 0.6) is 0 Å². The SMILES string of the molecule is CC(C)(C)OC(=O)N1CCCC(C(=O)OC2=CCCCC2)C1. The molecule has 1 heterocycles. The second-order valence-corrected chi connectivity index (χ2v) is 7.10. The first kappa shape index (κ1) is 16.8. The predicted molar refractivity (Wildman–Crippen MR) is 83.2 cm³/mol. The largest absolute Gasteiger partial charge is 0.444 e. The van der Waals surface area contributed by atoms with Crippen molar-refractivity contribution in [1.29, 1.82) is 0 Å². The Balaban J connectivity index is 1.88. The minimum Gasteiger partial charge on any atom is -0.444 e. The maximum Gasteiger partial charge on any atom is 0.410 e. The van der Waals surface area contributed by atoms with Gasteiger partial charge < -0.3 is 14.4 Å². The Labute approximate surface area is 132 Å². The Morgan fingerprint density at radius 2 is 2.00 bits per heavy atom. The summed E-state index contributed by atoms with van der Waals surface area (Å²) in [7, 11) is 0. The van der Waals surface area contributed by atoms with Crippen molar-refractivity contribution in [3.05, 3.63) is 11.8 Å². The van der Waals surface area contributed by atoms with Gasteiger partial charge in [-0.05, 0) is 59.0 Å². The fourth-order valence-electron chi connectivity index (χ4n) is 2.78. The molecule has 124 valence electrons. The van der Waals surface area contributed by atoms with E-state index >= 15 is 0 Å². The summed E-state index contributed by atoms with van der Waals surface area (Å²) >= 11 is 0. The number of piperidine rings is 1. The number of allylic oxidation sites excluding steroid dienone is 2. The molecule has 0 bridgehead atoms. The van der Waals surface area contributed by atoms with Crippen LogP contribution in [-0.2, 0) is 14.3 Å². The highest BCUT2D eigenvalue weighted by molar-refractivity contribution is 5.75. The Hall–Kier alpha value is -1.52. The van der Waals surface area contributed by atoms with E-state index in [1.54, 1.807) is 4.90 Å². The number of likely N-dealkylation sites (tertiary alicyclic amines) is 1. The molecule has 0 saturated carbocycles. The van der Waals surface area contributed by atoms with E-state index < -0.39 is 5.60 Å². The first-order valence-corrected chi connectivity index (χ1v) is 8.24. The summed E-state index contributed by atoms with van der Waals surface area (Å²) in [6, 6.07) is 0. The number of rotatable bonds is 2. The number of esters is 1. The molecule has 1 amide bonds. The van der Waals surface area contributed by atoms with E-state index in [0.29, 0.717) is 13.1 Å². The van der Waals surface area contributed by atoms with Crippen LogP contribution in [0.1, 0.15) is 59.3 Å². The third kappa shape index (κ3) is 5.04. The average Bonchev–Trinajstić information content (AvgIpc) is 2.46. The second kappa shape index (κ2) is 7.16. The van der Waals surface area contributed by atoms with Crippen molar-refractivity contribution in [2.45, 2.75) is 64.9 Å². The smallest absolute Gasteiger partial charge is 0.410 e. The van der Waals surface area contributed by atoms with Crippen molar-refractivity contribution >= 4 is 12.1 Å². The second-order valence-electron chi connectivity index (χ2n) is 7.10. The zero-order valence-corrected chi connectivity index (χ0v) is 13.9. The van der Waals surface area contributed by atoms with Crippen LogP contribution in [0.25, 0.3) is 0 Å². The van der Waals surface area contributed by atoms with Crippen LogP contribution in [0.15, 0.2) is 11.8 Å². The third-order valence-electron chi connectivity index (χ3n) is 3.89. The van der Waals surface area contributed by atoms with Crippen LogP contribution >= 0.6 is 0 Å². The van der Waals surface area contributed by atoms with Gasteiger partial charge in [-0.2, -0.15) is 0 Å². The van der Waals surface area contributed by atoms with Gasteiger partial charge in [-0.25, -0.2) is 4.79 Å². The topological polar surface area (TPSA) is 55.8 Å². The molecule has 0 N–H and O–H groups in total. The molecule has 1 saturated heterocycles. The number of hydrogen-bond donors (Lipinski definition) is 0. The quantitative estimate of drug-likeness (QED) is 0.731. The van der Waals surface area contributed by atoms with Crippen molar-refractivity contribution in [3.8, 4) is 0 Å². The molecule has 0 aromatic carbocycles. The number of hydrogen-bond acceptors (Lipinski definition) is 4. The van der Waals surface area contributed by atoms with Crippen molar-refractivity contribution in [2.75, 3.05) is 13.1 Å². The number of amides is 1. The predicted octanol–water partition coefficient (Wildman–Crippen LogP) is 3.63. The van der Waals surface area contributed by atoms with Gasteiger partial charge >= 0.3 is 12.1 Å². The Morgan fingerprint density at radius 3 is 2.64 bits per heavy atom. The molecule has 1 aliphatic carbocycles. The zero-order chi connectivity index (χ0) is 16.2. The molecule has 0 spiro atoms. The Bertz CT molecular complexity index is 450. The molecule has 0 aromatic rings. The number of carbonyl (C=O) groups is 2. The fourth-order valence-corrected chi connectivity index (χ4v) is 2.78. The van der Waals surface area contributed by atoms with Crippen molar-refractivity contribution in [3.63, 3.8) is 0 Å². The molecular weight excluding hydrogens is 282 g/mol. The summed E-state index contributed by atoms with van der Waals surface area (Å²) in [6.45, 7) is 6.56. The zero-order valence-electron chi connectivity index (χ0n) is 13.9. The molecule has 2 rings (SSSR count). The van der Waals surface area contributed by atoms with Crippen LogP contribution in [0, 0.1) is 5.92 Å². The molecule has 1 aliphatic heterocycles. The summed E-state index contributed by atoms with van der Waals surface area (Å²) < 4.78 is 10.9. The fraction of sp³-hybridized carbons (Fsp3) is 0.765. The lowest BCUT2D eigenvalue weighted by Gasteiger charge is -2.33. The van der Waals surface area contributed by atoms with Crippen molar-refractivity contribution in [2.24, 2.45) is 5.92 Å². The molecular formula is C17H27NO4. The third-order valence-corrected chi connectivity index (χ3v) is 3.89. The maximum absolute atomic E-state index is 12.3. The van der Waals surface area contributed by atoms with Gasteiger partial charge in [0.05, 0.1) is 5.92 Å². The highest BCUT2D eigenvalue weighted by Gasteiger charge is 2.32. The van der Waals surface area contributed by atoms with E-state index in [1.807, 2.05) is 26.8 Å². The highest BCUT2D eigenvalue weighted by atomic mass is 16.6. The van der Waals surface area contributed by atoms with Gasteiger partial charge in [0.1, 0.15) is 11.4 Å². The van der Waals surface area contributed by atoms with Crippen LogP contribution in [0.3, 0.4) is 0 Å². The standard InChI is InChI=1S/C17H27NO4/c1-17(2,3)22-16(20)18-11-7-8-13(12-18)15(19)21-14-9-5-4-6-10-14/h9,13H,4-8,10-12H2,1-3H3. The van der Waals surface area contributed by atoms with Crippen LogP contribution in [0.2, 0.25) is 0 Å². The van der Waals surface area contributed by atoms with E-state index in [4.69, 9.17) is 9.47 Å². The lowest BCUT2D eigenvalue weighted by Crippen LogP contribution is -2.45. The first-order chi connectivity index (χ1) is 10.3. The molecule has 2 aliphatic rings. The first-order valence-electron chi connectivity index (χ1n) is 8.24. The molecule has 0 aromatic heterocycles. The molecule has 5 heteroatoms. The number of ether oxygens (including phenoxy) is 2. The minimum atomic E-state index is -0.516.